The molecule has 0 fully saturated rings. The molecule has 0 heterocycles. The molecule has 3 aromatic carbocycles. The number of aromatic carboxylic acids is 1. The quantitative estimate of drug-likeness (QED) is 0.341. The molecule has 29 heavy (non-hydrogen) atoms. The highest BCUT2D eigenvalue weighted by Crippen LogP contribution is 2.25. The third-order valence-electron chi connectivity index (χ3n) is 4.22. The van der Waals surface area contributed by atoms with E-state index in [0.29, 0.717) is 5.69 Å². The predicted octanol–water partition coefficient (Wildman–Crippen LogP) is 4.63. The van der Waals surface area contributed by atoms with E-state index in [4.69, 9.17) is 12.2 Å². The molecule has 1 amide bonds. The molecule has 146 valence electrons. The number of amides is 1. The summed E-state index contributed by atoms with van der Waals surface area (Å²) >= 11 is 7.31. The highest BCUT2D eigenvalue weighted by Gasteiger charge is 2.23. The summed E-state index contributed by atoms with van der Waals surface area (Å²) in [6.45, 7) is 0. The van der Waals surface area contributed by atoms with E-state index in [-0.39, 0.29) is 16.6 Å². The Morgan fingerprint density at radius 3 is 1.97 bits per heavy atom. The highest BCUT2D eigenvalue weighted by atomic mass is 127. The fourth-order valence-corrected chi connectivity index (χ4v) is 3.63. The first-order valence-corrected chi connectivity index (χ1v) is 10.2. The van der Waals surface area contributed by atoms with Crippen LogP contribution in [0, 0.1) is 3.57 Å². The van der Waals surface area contributed by atoms with E-state index in [1.54, 1.807) is 12.1 Å². The van der Waals surface area contributed by atoms with Gasteiger partial charge in [-0.3, -0.25) is 4.79 Å². The molecule has 0 spiro atoms. The fourth-order valence-electron chi connectivity index (χ4n) is 2.93. The van der Waals surface area contributed by atoms with E-state index in [1.807, 2.05) is 83.3 Å². The topological polar surface area (TPSA) is 78.4 Å². The van der Waals surface area contributed by atoms with Gasteiger partial charge in [0.2, 0.25) is 5.91 Å². The molecule has 3 aromatic rings. The molecule has 0 atom stereocenters. The molecule has 0 radical (unpaired) electrons. The third kappa shape index (κ3) is 5.39. The molecule has 0 aromatic heterocycles. The Kier molecular flexibility index (Phi) is 6.95. The Morgan fingerprint density at radius 2 is 1.45 bits per heavy atom. The van der Waals surface area contributed by atoms with Gasteiger partial charge in [0.25, 0.3) is 0 Å². The molecule has 3 rings (SSSR count). The highest BCUT2D eigenvalue weighted by molar-refractivity contribution is 14.1. The van der Waals surface area contributed by atoms with Crippen molar-refractivity contribution in [2.75, 3.05) is 5.32 Å². The minimum absolute atomic E-state index is 0.0376. The molecule has 3 N–H and O–H groups in total. The van der Waals surface area contributed by atoms with E-state index in [1.165, 1.54) is 6.07 Å². The van der Waals surface area contributed by atoms with Crippen LogP contribution >= 0.6 is 34.8 Å². The number of carboxylic acid groups (broad SMARTS) is 1. The van der Waals surface area contributed by atoms with Crippen LogP contribution in [0.15, 0.2) is 78.9 Å². The molecular formula is C22H17IN2O3S. The lowest BCUT2D eigenvalue weighted by atomic mass is 9.90. The maximum absolute atomic E-state index is 13.1. The monoisotopic (exact) mass is 516 g/mol. The Balaban J connectivity index is 1.82. The second-order valence-electron chi connectivity index (χ2n) is 6.19. The molecular weight excluding hydrogens is 499 g/mol. The number of carboxylic acids is 1. The van der Waals surface area contributed by atoms with E-state index < -0.39 is 11.9 Å². The van der Waals surface area contributed by atoms with Gasteiger partial charge in [0, 0.05) is 3.57 Å². The van der Waals surface area contributed by atoms with Crippen molar-refractivity contribution in [3.05, 3.63) is 99.1 Å². The Hall–Kier alpha value is -2.78. The Morgan fingerprint density at radius 1 is 0.897 bits per heavy atom. The number of carbonyl (C=O) groups excluding carboxylic acids is 1. The van der Waals surface area contributed by atoms with Crippen molar-refractivity contribution in [3.8, 4) is 0 Å². The molecule has 0 aliphatic heterocycles. The molecule has 0 saturated carbocycles. The number of anilines is 1. The van der Waals surface area contributed by atoms with Gasteiger partial charge >= 0.3 is 5.97 Å². The second kappa shape index (κ2) is 9.62. The van der Waals surface area contributed by atoms with Crippen molar-refractivity contribution in [2.24, 2.45) is 0 Å². The minimum Gasteiger partial charge on any atom is -0.478 e. The van der Waals surface area contributed by atoms with Gasteiger partial charge in [-0.05, 0) is 64.1 Å². The second-order valence-corrected chi connectivity index (χ2v) is 7.85. The zero-order chi connectivity index (χ0) is 20.8. The predicted molar refractivity (Wildman–Crippen MR) is 125 cm³/mol. The van der Waals surface area contributed by atoms with Gasteiger partial charge in [0.1, 0.15) is 0 Å². The summed E-state index contributed by atoms with van der Waals surface area (Å²) in [5.41, 5.74) is 2.06. The maximum Gasteiger partial charge on any atom is 0.337 e. The van der Waals surface area contributed by atoms with Crippen LogP contribution in [0.1, 0.15) is 27.4 Å². The van der Waals surface area contributed by atoms with Crippen LogP contribution < -0.4 is 10.6 Å². The van der Waals surface area contributed by atoms with Crippen molar-refractivity contribution in [3.63, 3.8) is 0 Å². The zero-order valence-electron chi connectivity index (χ0n) is 15.1. The van der Waals surface area contributed by atoms with Crippen LogP contribution in [-0.4, -0.2) is 22.1 Å². The van der Waals surface area contributed by atoms with Crippen LogP contribution in [0.3, 0.4) is 0 Å². The van der Waals surface area contributed by atoms with Crippen LogP contribution in [0.2, 0.25) is 0 Å². The lowest BCUT2D eigenvalue weighted by Gasteiger charge is -2.19. The van der Waals surface area contributed by atoms with Crippen molar-refractivity contribution in [2.45, 2.75) is 5.92 Å². The molecule has 0 aliphatic rings. The van der Waals surface area contributed by atoms with Crippen LogP contribution in [0.25, 0.3) is 0 Å². The average molecular weight is 516 g/mol. The molecule has 0 aliphatic carbocycles. The van der Waals surface area contributed by atoms with Crippen molar-refractivity contribution >= 4 is 57.5 Å². The number of thiocarbonyl (C=S) groups is 1. The normalized spacial score (nSPS) is 10.4. The summed E-state index contributed by atoms with van der Waals surface area (Å²) in [4.78, 5) is 24.5. The minimum atomic E-state index is -1.08. The molecule has 0 bridgehead atoms. The molecule has 7 heteroatoms. The SMILES string of the molecule is O=C(O)c1cc(I)ccc1NC(=S)NC(=O)C(c1ccccc1)c1ccccc1. The summed E-state index contributed by atoms with van der Waals surface area (Å²) in [5, 5.41) is 14.9. The van der Waals surface area contributed by atoms with Gasteiger partial charge in [-0.1, -0.05) is 60.7 Å². The first-order chi connectivity index (χ1) is 14.0. The van der Waals surface area contributed by atoms with Gasteiger partial charge < -0.3 is 15.7 Å². The molecule has 5 nitrogen and oxygen atoms in total. The third-order valence-corrected chi connectivity index (χ3v) is 5.10. The van der Waals surface area contributed by atoms with Crippen molar-refractivity contribution < 1.29 is 14.7 Å². The van der Waals surface area contributed by atoms with Crippen LogP contribution in [0.5, 0.6) is 0 Å². The Labute approximate surface area is 187 Å². The maximum atomic E-state index is 13.1. The van der Waals surface area contributed by atoms with Crippen LogP contribution in [0.4, 0.5) is 5.69 Å². The lowest BCUT2D eigenvalue weighted by Crippen LogP contribution is -2.38. The number of hydrogen-bond acceptors (Lipinski definition) is 3. The number of rotatable bonds is 5. The standard InChI is InChI=1S/C22H17IN2O3S/c23-16-11-12-18(17(13-16)21(27)28)24-22(29)25-20(26)19(14-7-3-1-4-8-14)15-9-5-2-6-10-15/h1-13,19H,(H,27,28)(H2,24,25,26,29). The van der Waals surface area contributed by atoms with Crippen molar-refractivity contribution in [1.29, 1.82) is 0 Å². The number of nitrogens with one attached hydrogen (secondary N) is 2. The van der Waals surface area contributed by atoms with E-state index in [2.05, 4.69) is 10.6 Å². The number of hydrogen-bond donors (Lipinski definition) is 3. The first kappa shape index (κ1) is 20.9. The first-order valence-electron chi connectivity index (χ1n) is 8.70. The summed E-state index contributed by atoms with van der Waals surface area (Å²) in [7, 11) is 0. The lowest BCUT2D eigenvalue weighted by molar-refractivity contribution is -0.120. The fraction of sp³-hybridized carbons (Fsp3) is 0.0455. The number of halogens is 1. The van der Waals surface area contributed by atoms with Gasteiger partial charge in [-0.2, -0.15) is 0 Å². The summed E-state index contributed by atoms with van der Waals surface area (Å²) in [5.74, 6) is -1.93. The van der Waals surface area contributed by atoms with Gasteiger partial charge in [-0.25, -0.2) is 4.79 Å². The smallest absolute Gasteiger partial charge is 0.337 e. The largest absolute Gasteiger partial charge is 0.478 e. The van der Waals surface area contributed by atoms with Gasteiger partial charge in [0.05, 0.1) is 17.2 Å². The van der Waals surface area contributed by atoms with Gasteiger partial charge in [0.15, 0.2) is 5.11 Å². The average Bonchev–Trinajstić information content (AvgIpc) is 2.71. The molecule has 0 saturated heterocycles. The van der Waals surface area contributed by atoms with Crippen LogP contribution in [-0.2, 0) is 4.79 Å². The number of carbonyl (C=O) groups is 2. The number of benzene rings is 3. The van der Waals surface area contributed by atoms with E-state index in [0.717, 1.165) is 14.7 Å². The van der Waals surface area contributed by atoms with E-state index >= 15 is 0 Å². The van der Waals surface area contributed by atoms with E-state index in [9.17, 15) is 14.7 Å². The molecule has 0 unspecified atom stereocenters. The van der Waals surface area contributed by atoms with Gasteiger partial charge in [-0.15, -0.1) is 0 Å². The van der Waals surface area contributed by atoms with Crippen molar-refractivity contribution in [1.82, 2.24) is 5.32 Å². The zero-order valence-corrected chi connectivity index (χ0v) is 18.1. The summed E-state index contributed by atoms with van der Waals surface area (Å²) in [6, 6.07) is 23.7. The summed E-state index contributed by atoms with van der Waals surface area (Å²) < 4.78 is 0.786. The summed E-state index contributed by atoms with van der Waals surface area (Å²) in [6.07, 6.45) is 0. The Bertz CT molecular complexity index is 1000.